The highest BCUT2D eigenvalue weighted by atomic mass is 16.2. The van der Waals surface area contributed by atoms with Gasteiger partial charge in [-0.3, -0.25) is 9.59 Å². The summed E-state index contributed by atoms with van der Waals surface area (Å²) < 4.78 is 2.97. The number of anilines is 1. The summed E-state index contributed by atoms with van der Waals surface area (Å²) in [4.78, 5) is 24.9. The van der Waals surface area contributed by atoms with Crippen molar-refractivity contribution in [3.63, 3.8) is 0 Å². The van der Waals surface area contributed by atoms with E-state index in [1.165, 1.54) is 4.68 Å². The molecule has 0 saturated carbocycles. The molecule has 3 rings (SSSR count). The third-order valence-electron chi connectivity index (χ3n) is 4.29. The molecule has 130 valence electrons. The molecule has 0 aliphatic carbocycles. The van der Waals surface area contributed by atoms with Gasteiger partial charge >= 0.3 is 0 Å². The van der Waals surface area contributed by atoms with Crippen LogP contribution in [-0.2, 0) is 11.3 Å². The minimum absolute atomic E-state index is 0.143. The van der Waals surface area contributed by atoms with E-state index in [0.717, 1.165) is 11.8 Å². The van der Waals surface area contributed by atoms with E-state index in [-0.39, 0.29) is 24.1 Å². The van der Waals surface area contributed by atoms with Gasteiger partial charge in [-0.15, -0.1) is 0 Å². The zero-order valence-corrected chi connectivity index (χ0v) is 14.6. The molecule has 0 bridgehead atoms. The molecule has 7 nitrogen and oxygen atoms in total. The predicted molar refractivity (Wildman–Crippen MR) is 96.6 cm³/mol. The van der Waals surface area contributed by atoms with E-state index in [4.69, 9.17) is 0 Å². The smallest absolute Gasteiger partial charge is 0.275 e. The highest BCUT2D eigenvalue weighted by Crippen LogP contribution is 2.16. The third kappa shape index (κ3) is 3.31. The second-order valence-corrected chi connectivity index (χ2v) is 6.06. The fourth-order valence-corrected chi connectivity index (χ4v) is 2.77. The van der Waals surface area contributed by atoms with E-state index < -0.39 is 0 Å². The fraction of sp³-hybridized carbons (Fsp3) is 0.333. The first kappa shape index (κ1) is 16.9. The fourth-order valence-electron chi connectivity index (χ4n) is 2.77. The molecule has 1 atom stereocenters. The van der Waals surface area contributed by atoms with Gasteiger partial charge in [0.25, 0.3) is 5.56 Å². The number of aryl methyl sites for hydroxylation is 1. The lowest BCUT2D eigenvalue weighted by atomic mass is 10.1. The molecular weight excluding hydrogens is 318 g/mol. The maximum atomic E-state index is 12.5. The van der Waals surface area contributed by atoms with Crippen molar-refractivity contribution in [2.75, 3.05) is 5.32 Å². The molecule has 25 heavy (non-hydrogen) atoms. The van der Waals surface area contributed by atoms with Crippen LogP contribution in [0.15, 0.2) is 41.3 Å². The van der Waals surface area contributed by atoms with Crippen LogP contribution in [0, 0.1) is 6.92 Å². The first-order valence-electron chi connectivity index (χ1n) is 8.31. The molecule has 1 N–H and O–H groups in total. The summed E-state index contributed by atoms with van der Waals surface area (Å²) >= 11 is 0. The Labute approximate surface area is 145 Å². The quantitative estimate of drug-likeness (QED) is 0.774. The summed E-state index contributed by atoms with van der Waals surface area (Å²) in [6.07, 6.45) is 2.54. The molecule has 2 aromatic heterocycles. The van der Waals surface area contributed by atoms with Crippen molar-refractivity contribution in [3.05, 3.63) is 52.6 Å². The van der Waals surface area contributed by atoms with E-state index in [1.54, 1.807) is 29.1 Å². The molecular formula is C18H21N5O2. The SMILES string of the molecule is CCC(C)n1nccc1NC(=O)Cn1nc(C)c2ccccc2c1=O. The van der Waals surface area contributed by atoms with Gasteiger partial charge < -0.3 is 5.32 Å². The molecule has 1 amide bonds. The van der Waals surface area contributed by atoms with Crippen molar-refractivity contribution >= 4 is 22.5 Å². The first-order valence-corrected chi connectivity index (χ1v) is 8.31. The number of fused-ring (bicyclic) bond motifs is 1. The van der Waals surface area contributed by atoms with Crippen molar-refractivity contribution in [1.82, 2.24) is 19.6 Å². The van der Waals surface area contributed by atoms with E-state index >= 15 is 0 Å². The minimum atomic E-state index is -0.311. The Morgan fingerprint density at radius 1 is 1.24 bits per heavy atom. The van der Waals surface area contributed by atoms with Crippen molar-refractivity contribution in [1.29, 1.82) is 0 Å². The lowest BCUT2D eigenvalue weighted by Gasteiger charge is -2.14. The Morgan fingerprint density at radius 2 is 1.96 bits per heavy atom. The monoisotopic (exact) mass is 339 g/mol. The molecule has 0 aliphatic heterocycles. The molecule has 0 aliphatic rings. The number of amides is 1. The van der Waals surface area contributed by atoms with Crippen LogP contribution in [0.1, 0.15) is 32.0 Å². The molecule has 2 heterocycles. The molecule has 0 fully saturated rings. The van der Waals surface area contributed by atoms with Gasteiger partial charge in [-0.05, 0) is 26.3 Å². The van der Waals surface area contributed by atoms with Gasteiger partial charge in [0.2, 0.25) is 5.91 Å². The number of aromatic nitrogens is 4. The van der Waals surface area contributed by atoms with Crippen LogP contribution in [0.5, 0.6) is 0 Å². The Balaban J connectivity index is 1.85. The van der Waals surface area contributed by atoms with E-state index in [1.807, 2.05) is 26.0 Å². The van der Waals surface area contributed by atoms with Crippen LogP contribution in [-0.4, -0.2) is 25.5 Å². The molecule has 0 saturated heterocycles. The van der Waals surface area contributed by atoms with Gasteiger partial charge in [-0.1, -0.05) is 25.1 Å². The van der Waals surface area contributed by atoms with Gasteiger partial charge in [0, 0.05) is 11.5 Å². The van der Waals surface area contributed by atoms with Crippen LogP contribution in [0.4, 0.5) is 5.82 Å². The van der Waals surface area contributed by atoms with Crippen molar-refractivity contribution in [3.8, 4) is 0 Å². The average molecular weight is 339 g/mol. The van der Waals surface area contributed by atoms with Crippen molar-refractivity contribution < 1.29 is 4.79 Å². The van der Waals surface area contributed by atoms with Crippen molar-refractivity contribution in [2.45, 2.75) is 39.8 Å². The Morgan fingerprint density at radius 3 is 2.68 bits per heavy atom. The molecule has 0 spiro atoms. The van der Waals surface area contributed by atoms with Gasteiger partial charge in [0.1, 0.15) is 12.4 Å². The minimum Gasteiger partial charge on any atom is -0.309 e. The number of nitrogens with zero attached hydrogens (tertiary/aromatic N) is 4. The summed E-state index contributed by atoms with van der Waals surface area (Å²) in [5.74, 6) is 0.305. The number of carbonyl (C=O) groups is 1. The number of hydrogen-bond acceptors (Lipinski definition) is 4. The maximum absolute atomic E-state index is 12.5. The normalized spacial score (nSPS) is 12.3. The number of nitrogens with one attached hydrogen (secondary N) is 1. The van der Waals surface area contributed by atoms with E-state index in [9.17, 15) is 9.59 Å². The van der Waals surface area contributed by atoms with Crippen LogP contribution in [0.25, 0.3) is 10.8 Å². The highest BCUT2D eigenvalue weighted by Gasteiger charge is 2.14. The maximum Gasteiger partial charge on any atom is 0.275 e. The molecule has 7 heteroatoms. The largest absolute Gasteiger partial charge is 0.309 e. The van der Waals surface area contributed by atoms with Gasteiger partial charge in [0.05, 0.1) is 23.3 Å². The summed E-state index contributed by atoms with van der Waals surface area (Å²) in [7, 11) is 0. The summed E-state index contributed by atoms with van der Waals surface area (Å²) in [5.41, 5.74) is 0.444. The number of benzene rings is 1. The number of hydrogen-bond donors (Lipinski definition) is 1. The second kappa shape index (κ2) is 6.88. The van der Waals surface area contributed by atoms with Gasteiger partial charge in [0.15, 0.2) is 0 Å². The zero-order valence-electron chi connectivity index (χ0n) is 14.6. The number of carbonyl (C=O) groups excluding carboxylic acids is 1. The second-order valence-electron chi connectivity index (χ2n) is 6.06. The van der Waals surface area contributed by atoms with Crippen LogP contribution < -0.4 is 10.9 Å². The Bertz CT molecular complexity index is 973. The molecule has 3 aromatic rings. The van der Waals surface area contributed by atoms with Crippen LogP contribution in [0.2, 0.25) is 0 Å². The van der Waals surface area contributed by atoms with E-state index in [0.29, 0.717) is 16.9 Å². The molecule has 1 aromatic carbocycles. The topological polar surface area (TPSA) is 81.8 Å². The summed E-state index contributed by atoms with van der Waals surface area (Å²) in [6, 6.07) is 9.19. The summed E-state index contributed by atoms with van der Waals surface area (Å²) in [5, 5.41) is 12.7. The van der Waals surface area contributed by atoms with Crippen LogP contribution in [0.3, 0.4) is 0 Å². The zero-order chi connectivity index (χ0) is 18.0. The molecule has 1 unspecified atom stereocenters. The van der Waals surface area contributed by atoms with Gasteiger partial charge in [-0.2, -0.15) is 10.2 Å². The average Bonchev–Trinajstić information content (AvgIpc) is 3.06. The van der Waals surface area contributed by atoms with Gasteiger partial charge in [-0.25, -0.2) is 9.36 Å². The van der Waals surface area contributed by atoms with E-state index in [2.05, 4.69) is 22.4 Å². The first-order chi connectivity index (χ1) is 12.0. The van der Waals surface area contributed by atoms with Crippen molar-refractivity contribution in [2.24, 2.45) is 0 Å². The number of rotatable bonds is 5. The molecule has 0 radical (unpaired) electrons. The standard InChI is InChI=1S/C18H21N5O2/c1-4-12(2)23-16(9-10-19-23)20-17(24)11-22-18(25)15-8-6-5-7-14(15)13(3)21-22/h5-10,12H,4,11H2,1-3H3,(H,20,24). The summed E-state index contributed by atoms with van der Waals surface area (Å²) in [6.45, 7) is 5.77. The van der Waals surface area contributed by atoms with Crippen LogP contribution >= 0.6 is 0 Å². The third-order valence-corrected chi connectivity index (χ3v) is 4.29. The lowest BCUT2D eigenvalue weighted by molar-refractivity contribution is -0.117. The predicted octanol–water partition coefficient (Wildman–Crippen LogP) is 2.51. The Kier molecular flexibility index (Phi) is 4.65. The Hall–Kier alpha value is -2.96. The lowest BCUT2D eigenvalue weighted by Crippen LogP contribution is -2.31. The highest BCUT2D eigenvalue weighted by molar-refractivity contribution is 5.90.